The number of aliphatic carboxylic acids is 1. The van der Waals surface area contributed by atoms with E-state index in [1.54, 1.807) is 0 Å². The van der Waals surface area contributed by atoms with Crippen LogP contribution >= 0.6 is 23.2 Å². The fourth-order valence-electron chi connectivity index (χ4n) is 1.14. The third-order valence-electron chi connectivity index (χ3n) is 1.84. The lowest BCUT2D eigenvalue weighted by atomic mass is 10.2. The number of carboxylic acids is 1. The van der Waals surface area contributed by atoms with Gasteiger partial charge in [0.25, 0.3) is 0 Å². The van der Waals surface area contributed by atoms with Crippen molar-refractivity contribution in [3.8, 4) is 5.75 Å². The lowest BCUT2D eigenvalue weighted by Gasteiger charge is -2.20. The van der Waals surface area contributed by atoms with E-state index < -0.39 is 24.7 Å². The minimum absolute atomic E-state index is 0.0914. The Labute approximate surface area is 110 Å². The summed E-state index contributed by atoms with van der Waals surface area (Å²) in [4.78, 5) is 10.3. The molecule has 1 aromatic carbocycles. The van der Waals surface area contributed by atoms with Gasteiger partial charge in [-0.2, -0.15) is 13.2 Å². The summed E-state index contributed by atoms with van der Waals surface area (Å²) in [6, 6.07) is 3.55. The van der Waals surface area contributed by atoms with E-state index in [1.165, 1.54) is 6.07 Å². The summed E-state index contributed by atoms with van der Waals surface area (Å²) in [5.41, 5.74) is 0. The molecule has 8 heteroatoms. The molecule has 1 atom stereocenters. The molecule has 0 bridgehead atoms. The molecule has 1 aromatic rings. The van der Waals surface area contributed by atoms with Gasteiger partial charge in [-0.3, -0.25) is 4.79 Å². The Morgan fingerprint density at radius 2 is 1.78 bits per heavy atom. The minimum Gasteiger partial charge on any atom is -0.481 e. The molecule has 3 nitrogen and oxygen atoms in total. The van der Waals surface area contributed by atoms with E-state index in [0.717, 1.165) is 12.1 Å². The molecule has 0 amide bonds. The molecule has 0 saturated heterocycles. The lowest BCUT2D eigenvalue weighted by Crippen LogP contribution is -2.36. The third-order valence-corrected chi connectivity index (χ3v) is 2.28. The number of rotatable bonds is 4. The van der Waals surface area contributed by atoms with Gasteiger partial charge in [-0.15, -0.1) is 0 Å². The molecule has 0 saturated carbocycles. The van der Waals surface area contributed by atoms with Gasteiger partial charge in [-0.1, -0.05) is 23.2 Å². The molecule has 0 aliphatic carbocycles. The molecule has 0 heterocycles. The molecule has 0 aromatic heterocycles. The molecular formula is C10H7Cl2F3O3. The van der Waals surface area contributed by atoms with Crippen molar-refractivity contribution in [2.75, 3.05) is 0 Å². The maximum atomic E-state index is 12.5. The van der Waals surface area contributed by atoms with Gasteiger partial charge in [-0.05, 0) is 18.2 Å². The van der Waals surface area contributed by atoms with Gasteiger partial charge in [0.05, 0.1) is 6.42 Å². The number of hydrogen-bond donors (Lipinski definition) is 1. The van der Waals surface area contributed by atoms with Crippen molar-refractivity contribution in [2.45, 2.75) is 18.7 Å². The third kappa shape index (κ3) is 4.62. The summed E-state index contributed by atoms with van der Waals surface area (Å²) in [5, 5.41) is 8.59. The normalized spacial score (nSPS) is 13.2. The Hall–Kier alpha value is -1.14. The molecule has 0 aliphatic rings. The summed E-state index contributed by atoms with van der Waals surface area (Å²) in [6.07, 6.45) is -8.45. The van der Waals surface area contributed by atoms with Crippen molar-refractivity contribution in [3.63, 3.8) is 0 Å². The molecule has 0 radical (unpaired) electrons. The van der Waals surface area contributed by atoms with Gasteiger partial charge >= 0.3 is 12.1 Å². The molecule has 0 spiro atoms. The highest BCUT2D eigenvalue weighted by Gasteiger charge is 2.43. The molecule has 0 aliphatic heterocycles. The number of carboxylic acid groups (broad SMARTS) is 1. The Morgan fingerprint density at radius 1 is 1.28 bits per heavy atom. The standard InChI is InChI=1S/C10H7Cl2F3O3/c11-5-1-6(12)3-7(2-5)18-8(4-9(16)17)10(13,14)15/h1-3,8H,4H2,(H,16,17). The Bertz CT molecular complexity index is 428. The predicted molar refractivity (Wildman–Crippen MR) is 59.2 cm³/mol. The summed E-state index contributed by atoms with van der Waals surface area (Å²) < 4.78 is 42.1. The van der Waals surface area contributed by atoms with Crippen LogP contribution in [0.1, 0.15) is 6.42 Å². The highest BCUT2D eigenvalue weighted by molar-refractivity contribution is 6.34. The molecule has 18 heavy (non-hydrogen) atoms. The van der Waals surface area contributed by atoms with Crippen molar-refractivity contribution < 1.29 is 27.8 Å². The van der Waals surface area contributed by atoms with Crippen LogP contribution in [0.25, 0.3) is 0 Å². The van der Waals surface area contributed by atoms with Crippen LogP contribution in [0.4, 0.5) is 13.2 Å². The van der Waals surface area contributed by atoms with E-state index in [9.17, 15) is 18.0 Å². The predicted octanol–water partition coefficient (Wildman–Crippen LogP) is 3.78. The lowest BCUT2D eigenvalue weighted by molar-refractivity contribution is -0.200. The summed E-state index contributed by atoms with van der Waals surface area (Å²) in [5.74, 6) is -1.86. The number of carbonyl (C=O) groups is 1. The van der Waals surface area contributed by atoms with E-state index in [1.807, 2.05) is 0 Å². The first kappa shape index (κ1) is 14.9. The molecule has 0 fully saturated rings. The highest BCUT2D eigenvalue weighted by Crippen LogP contribution is 2.30. The average molecular weight is 303 g/mol. The van der Waals surface area contributed by atoms with Gasteiger partial charge in [0.15, 0.2) is 0 Å². The van der Waals surface area contributed by atoms with Crippen LogP contribution in [-0.2, 0) is 4.79 Å². The second kappa shape index (κ2) is 5.67. The molecular weight excluding hydrogens is 296 g/mol. The topological polar surface area (TPSA) is 46.5 Å². The van der Waals surface area contributed by atoms with E-state index in [0.29, 0.717) is 0 Å². The largest absolute Gasteiger partial charge is 0.481 e. The van der Waals surface area contributed by atoms with Crippen LogP contribution in [0.3, 0.4) is 0 Å². The number of halogens is 5. The zero-order valence-electron chi connectivity index (χ0n) is 8.67. The van der Waals surface area contributed by atoms with Crippen LogP contribution in [-0.4, -0.2) is 23.4 Å². The van der Waals surface area contributed by atoms with Crippen molar-refractivity contribution in [1.29, 1.82) is 0 Å². The maximum Gasteiger partial charge on any atom is 0.425 e. The fourth-order valence-corrected chi connectivity index (χ4v) is 1.65. The van der Waals surface area contributed by atoms with Crippen LogP contribution < -0.4 is 4.74 Å². The number of benzene rings is 1. The van der Waals surface area contributed by atoms with Crippen LogP contribution in [0.5, 0.6) is 5.75 Å². The van der Waals surface area contributed by atoms with Crippen LogP contribution in [0.15, 0.2) is 18.2 Å². The Balaban J connectivity index is 2.92. The molecule has 1 unspecified atom stereocenters. The monoisotopic (exact) mass is 302 g/mol. The summed E-state index contributed by atoms with van der Waals surface area (Å²) >= 11 is 11.2. The first-order valence-corrected chi connectivity index (χ1v) is 5.35. The highest BCUT2D eigenvalue weighted by atomic mass is 35.5. The van der Waals surface area contributed by atoms with Crippen LogP contribution in [0.2, 0.25) is 10.0 Å². The summed E-state index contributed by atoms with van der Waals surface area (Å²) in [6.45, 7) is 0. The molecule has 1 N–H and O–H groups in total. The van der Waals surface area contributed by atoms with E-state index in [4.69, 9.17) is 28.3 Å². The van der Waals surface area contributed by atoms with Gasteiger partial charge in [0.2, 0.25) is 6.10 Å². The van der Waals surface area contributed by atoms with Crippen LogP contribution in [0, 0.1) is 0 Å². The quantitative estimate of drug-likeness (QED) is 0.921. The van der Waals surface area contributed by atoms with Gasteiger partial charge in [0, 0.05) is 10.0 Å². The van der Waals surface area contributed by atoms with E-state index in [2.05, 4.69) is 4.74 Å². The van der Waals surface area contributed by atoms with Crippen molar-refractivity contribution in [1.82, 2.24) is 0 Å². The smallest absolute Gasteiger partial charge is 0.425 e. The van der Waals surface area contributed by atoms with E-state index >= 15 is 0 Å². The SMILES string of the molecule is O=C(O)CC(Oc1cc(Cl)cc(Cl)c1)C(F)(F)F. The molecule has 1 rings (SSSR count). The molecule has 100 valence electrons. The van der Waals surface area contributed by atoms with Gasteiger partial charge in [0.1, 0.15) is 5.75 Å². The number of ether oxygens (including phenoxy) is 1. The number of hydrogen-bond acceptors (Lipinski definition) is 2. The average Bonchev–Trinajstić information content (AvgIpc) is 2.12. The number of alkyl halides is 3. The van der Waals surface area contributed by atoms with Crippen molar-refractivity contribution >= 4 is 29.2 Å². The van der Waals surface area contributed by atoms with Gasteiger partial charge < -0.3 is 9.84 Å². The summed E-state index contributed by atoms with van der Waals surface area (Å²) in [7, 11) is 0. The maximum absolute atomic E-state index is 12.5. The fraction of sp³-hybridized carbons (Fsp3) is 0.300. The Kier molecular flexibility index (Phi) is 4.70. The first-order chi connectivity index (χ1) is 8.18. The van der Waals surface area contributed by atoms with Crippen molar-refractivity contribution in [2.24, 2.45) is 0 Å². The first-order valence-electron chi connectivity index (χ1n) is 4.59. The van der Waals surface area contributed by atoms with Crippen molar-refractivity contribution in [3.05, 3.63) is 28.2 Å². The van der Waals surface area contributed by atoms with E-state index in [-0.39, 0.29) is 15.8 Å². The minimum atomic E-state index is -4.80. The zero-order valence-corrected chi connectivity index (χ0v) is 10.2. The second-order valence-electron chi connectivity index (χ2n) is 3.35. The van der Waals surface area contributed by atoms with Gasteiger partial charge in [-0.25, -0.2) is 0 Å². The zero-order chi connectivity index (χ0) is 13.9. The Morgan fingerprint density at radius 3 is 2.17 bits per heavy atom. The second-order valence-corrected chi connectivity index (χ2v) is 4.22.